The molecule has 1 heterocycles. The molecule has 0 aliphatic carbocycles. The molecule has 1 atom stereocenters. The number of hydroxylamine groups is 1. The molecule has 1 unspecified atom stereocenters. The van der Waals surface area contributed by atoms with Gasteiger partial charge in [-0.15, -0.1) is 0 Å². The number of hydrogen-bond donors (Lipinski definition) is 3. The maximum atomic E-state index is 8.13. The minimum Gasteiger partial charge on any atom is -0.347 e. The maximum absolute atomic E-state index is 8.13. The molecule has 0 aromatic carbocycles. The van der Waals surface area contributed by atoms with Gasteiger partial charge in [-0.2, -0.15) is 5.48 Å². The molecular formula is C3H8N2O2. The molecule has 1 fully saturated rings. The highest BCUT2D eigenvalue weighted by Crippen LogP contribution is 1.86. The summed E-state index contributed by atoms with van der Waals surface area (Å²) in [5.41, 5.74) is 1.93. The van der Waals surface area contributed by atoms with Crippen LogP contribution in [0.3, 0.4) is 0 Å². The van der Waals surface area contributed by atoms with Crippen LogP contribution in [0, 0.1) is 0 Å². The molecule has 7 heavy (non-hydrogen) atoms. The molecule has 4 heteroatoms. The molecule has 1 aliphatic heterocycles. The van der Waals surface area contributed by atoms with Crippen LogP contribution in [0.15, 0.2) is 0 Å². The lowest BCUT2D eigenvalue weighted by Gasteiger charge is -2.03. The molecule has 4 nitrogen and oxygen atoms in total. The van der Waals surface area contributed by atoms with Crippen molar-refractivity contribution in [2.75, 3.05) is 13.2 Å². The van der Waals surface area contributed by atoms with Gasteiger partial charge in [-0.25, -0.2) is 0 Å². The first-order chi connectivity index (χ1) is 3.43. The molecular weight excluding hydrogens is 96.0 g/mol. The molecule has 0 saturated carbocycles. The number of nitrogens with one attached hydrogen (secondary N) is 2. The normalized spacial score (nSPS) is 31.3. The second-order valence-electron chi connectivity index (χ2n) is 1.33. The van der Waals surface area contributed by atoms with Gasteiger partial charge in [0.1, 0.15) is 0 Å². The van der Waals surface area contributed by atoms with E-state index in [4.69, 9.17) is 9.94 Å². The zero-order chi connectivity index (χ0) is 5.11. The summed E-state index contributed by atoms with van der Waals surface area (Å²) in [4.78, 5) is 0. The van der Waals surface area contributed by atoms with E-state index in [9.17, 15) is 0 Å². The van der Waals surface area contributed by atoms with Gasteiger partial charge in [-0.1, -0.05) is 0 Å². The van der Waals surface area contributed by atoms with Crippen molar-refractivity contribution in [2.45, 2.75) is 6.35 Å². The van der Waals surface area contributed by atoms with Gasteiger partial charge in [0.2, 0.25) is 0 Å². The Morgan fingerprint density at radius 3 is 3.00 bits per heavy atom. The van der Waals surface area contributed by atoms with E-state index in [1.54, 1.807) is 0 Å². The van der Waals surface area contributed by atoms with Crippen LogP contribution in [-0.4, -0.2) is 24.7 Å². The molecule has 0 radical (unpaired) electrons. The average Bonchev–Trinajstić information content (AvgIpc) is 2.14. The third-order valence-electron chi connectivity index (χ3n) is 0.834. The number of hydrogen-bond acceptors (Lipinski definition) is 4. The first-order valence-corrected chi connectivity index (χ1v) is 2.18. The zero-order valence-electron chi connectivity index (χ0n) is 3.85. The summed E-state index contributed by atoms with van der Waals surface area (Å²) < 4.78 is 4.83. The van der Waals surface area contributed by atoms with Gasteiger partial charge in [0.15, 0.2) is 6.35 Å². The van der Waals surface area contributed by atoms with Crippen LogP contribution in [0.5, 0.6) is 0 Å². The Morgan fingerprint density at radius 2 is 2.71 bits per heavy atom. The summed E-state index contributed by atoms with van der Waals surface area (Å²) in [6, 6.07) is 0. The maximum Gasteiger partial charge on any atom is 0.185 e. The Kier molecular flexibility index (Phi) is 1.59. The summed E-state index contributed by atoms with van der Waals surface area (Å²) in [5.74, 6) is 0. The molecule has 0 aromatic heterocycles. The van der Waals surface area contributed by atoms with Gasteiger partial charge in [-0.05, 0) is 0 Å². The van der Waals surface area contributed by atoms with Crippen LogP contribution >= 0.6 is 0 Å². The van der Waals surface area contributed by atoms with Crippen molar-refractivity contribution < 1.29 is 9.94 Å². The SMILES string of the molecule is ONC1NCCO1. The van der Waals surface area contributed by atoms with E-state index < -0.39 is 0 Å². The number of ether oxygens (including phenoxy) is 1. The standard InChI is InChI=1S/C3H8N2O2/c6-5-3-4-1-2-7-3/h3-6H,1-2H2. The highest BCUT2D eigenvalue weighted by atomic mass is 16.6. The largest absolute Gasteiger partial charge is 0.347 e. The first-order valence-electron chi connectivity index (χ1n) is 2.18. The summed E-state index contributed by atoms with van der Waals surface area (Å²) in [5, 5.41) is 11.0. The molecule has 3 N–H and O–H groups in total. The van der Waals surface area contributed by atoms with Crippen molar-refractivity contribution in [1.82, 2.24) is 10.8 Å². The monoisotopic (exact) mass is 104 g/mol. The van der Waals surface area contributed by atoms with Crippen LogP contribution in [-0.2, 0) is 4.74 Å². The fourth-order valence-electron chi connectivity index (χ4n) is 0.509. The van der Waals surface area contributed by atoms with Crippen LogP contribution in [0.25, 0.3) is 0 Å². The second kappa shape index (κ2) is 2.23. The van der Waals surface area contributed by atoms with E-state index in [0.717, 1.165) is 6.54 Å². The Bertz CT molecular complexity index is 52.9. The van der Waals surface area contributed by atoms with Crippen molar-refractivity contribution in [3.63, 3.8) is 0 Å². The summed E-state index contributed by atoms with van der Waals surface area (Å²) in [6.07, 6.45) is -0.347. The van der Waals surface area contributed by atoms with E-state index in [0.29, 0.717) is 6.61 Å². The molecule has 0 aromatic rings. The third kappa shape index (κ3) is 1.10. The molecule has 42 valence electrons. The van der Waals surface area contributed by atoms with Crippen LogP contribution in [0.4, 0.5) is 0 Å². The van der Waals surface area contributed by atoms with Crippen LogP contribution in [0.2, 0.25) is 0 Å². The highest BCUT2D eigenvalue weighted by Gasteiger charge is 2.10. The van der Waals surface area contributed by atoms with Gasteiger partial charge < -0.3 is 9.94 Å². The van der Waals surface area contributed by atoms with E-state index in [-0.39, 0.29) is 6.35 Å². The Hall–Kier alpha value is -0.160. The van der Waals surface area contributed by atoms with Crippen LogP contribution in [0.1, 0.15) is 0 Å². The lowest BCUT2D eigenvalue weighted by molar-refractivity contribution is -0.0267. The van der Waals surface area contributed by atoms with Crippen LogP contribution < -0.4 is 10.8 Å². The topological polar surface area (TPSA) is 53.5 Å². The van der Waals surface area contributed by atoms with Crippen molar-refractivity contribution in [3.8, 4) is 0 Å². The lowest BCUT2D eigenvalue weighted by atomic mass is 10.7. The predicted molar refractivity (Wildman–Crippen MR) is 22.7 cm³/mol. The zero-order valence-corrected chi connectivity index (χ0v) is 3.85. The van der Waals surface area contributed by atoms with Gasteiger partial charge >= 0.3 is 0 Å². The quantitative estimate of drug-likeness (QED) is 0.368. The third-order valence-corrected chi connectivity index (χ3v) is 0.834. The molecule has 0 bridgehead atoms. The summed E-state index contributed by atoms with van der Waals surface area (Å²) >= 11 is 0. The lowest BCUT2D eigenvalue weighted by Crippen LogP contribution is -2.35. The highest BCUT2D eigenvalue weighted by molar-refractivity contribution is 4.54. The predicted octanol–water partition coefficient (Wildman–Crippen LogP) is -1.13. The van der Waals surface area contributed by atoms with E-state index >= 15 is 0 Å². The van der Waals surface area contributed by atoms with Gasteiger partial charge in [0, 0.05) is 6.54 Å². The van der Waals surface area contributed by atoms with Crippen molar-refractivity contribution >= 4 is 0 Å². The average molecular weight is 104 g/mol. The van der Waals surface area contributed by atoms with Gasteiger partial charge in [0.05, 0.1) is 6.61 Å². The Labute approximate surface area is 41.4 Å². The van der Waals surface area contributed by atoms with E-state index in [1.807, 2.05) is 5.48 Å². The van der Waals surface area contributed by atoms with Gasteiger partial charge in [-0.3, -0.25) is 5.32 Å². The Morgan fingerprint density at radius 1 is 1.86 bits per heavy atom. The van der Waals surface area contributed by atoms with E-state index in [1.165, 1.54) is 0 Å². The van der Waals surface area contributed by atoms with Crippen molar-refractivity contribution in [3.05, 3.63) is 0 Å². The van der Waals surface area contributed by atoms with Crippen molar-refractivity contribution in [2.24, 2.45) is 0 Å². The fourth-order valence-corrected chi connectivity index (χ4v) is 0.509. The molecule has 1 saturated heterocycles. The second-order valence-corrected chi connectivity index (χ2v) is 1.33. The number of rotatable bonds is 1. The van der Waals surface area contributed by atoms with Gasteiger partial charge in [0.25, 0.3) is 0 Å². The minimum atomic E-state index is -0.347. The molecule has 0 amide bonds. The Balaban J connectivity index is 2.14. The molecule has 1 aliphatic rings. The smallest absolute Gasteiger partial charge is 0.185 e. The first kappa shape index (κ1) is 4.99. The molecule has 0 spiro atoms. The summed E-state index contributed by atoms with van der Waals surface area (Å²) in [7, 11) is 0. The molecule has 1 rings (SSSR count). The summed E-state index contributed by atoms with van der Waals surface area (Å²) in [6.45, 7) is 1.47. The fraction of sp³-hybridized carbons (Fsp3) is 1.00. The minimum absolute atomic E-state index is 0.347. The van der Waals surface area contributed by atoms with E-state index in [2.05, 4.69) is 5.32 Å². The van der Waals surface area contributed by atoms with Crippen molar-refractivity contribution in [1.29, 1.82) is 0 Å².